The van der Waals surface area contributed by atoms with Gasteiger partial charge in [0.05, 0.1) is 11.1 Å². The standard InChI is InChI=1S/C16H22N4O2/c1-12(21)18-8-6-17-7-9-19-16(22)14-10-13-4-2-3-5-15(13)20-11-14/h2-5,10-12,17-18,21H,6-9H2,1H3,(H,19,22). The number of nitrogens with zero attached hydrogens (tertiary/aromatic N) is 1. The van der Waals surface area contributed by atoms with Crippen LogP contribution in [0.25, 0.3) is 10.9 Å². The van der Waals surface area contributed by atoms with E-state index in [1.54, 1.807) is 13.1 Å². The van der Waals surface area contributed by atoms with Gasteiger partial charge >= 0.3 is 0 Å². The molecule has 22 heavy (non-hydrogen) atoms. The number of nitrogens with one attached hydrogen (secondary N) is 3. The number of rotatable bonds is 8. The largest absolute Gasteiger partial charge is 0.379 e. The lowest BCUT2D eigenvalue weighted by Gasteiger charge is -2.09. The number of hydrogen-bond acceptors (Lipinski definition) is 5. The smallest absolute Gasteiger partial charge is 0.252 e. The zero-order chi connectivity index (χ0) is 15.8. The summed E-state index contributed by atoms with van der Waals surface area (Å²) in [5.74, 6) is -0.123. The predicted molar refractivity (Wildman–Crippen MR) is 86.6 cm³/mol. The second kappa shape index (κ2) is 8.43. The van der Waals surface area contributed by atoms with Crippen molar-refractivity contribution in [1.29, 1.82) is 0 Å². The van der Waals surface area contributed by atoms with E-state index < -0.39 is 6.23 Å². The molecule has 0 saturated carbocycles. The number of fused-ring (bicyclic) bond motifs is 1. The zero-order valence-corrected chi connectivity index (χ0v) is 12.7. The summed E-state index contributed by atoms with van der Waals surface area (Å²) in [7, 11) is 0. The van der Waals surface area contributed by atoms with Crippen molar-refractivity contribution in [2.45, 2.75) is 13.2 Å². The average Bonchev–Trinajstić information content (AvgIpc) is 2.53. The topological polar surface area (TPSA) is 86.3 Å². The fourth-order valence-electron chi connectivity index (χ4n) is 2.06. The molecule has 0 aliphatic heterocycles. The fourth-order valence-corrected chi connectivity index (χ4v) is 2.06. The van der Waals surface area contributed by atoms with Crippen molar-refractivity contribution in [3.63, 3.8) is 0 Å². The lowest BCUT2D eigenvalue weighted by Crippen LogP contribution is -2.37. The Kier molecular flexibility index (Phi) is 6.27. The molecule has 1 amide bonds. The van der Waals surface area contributed by atoms with Crippen molar-refractivity contribution in [2.24, 2.45) is 0 Å². The minimum absolute atomic E-state index is 0.123. The number of benzene rings is 1. The van der Waals surface area contributed by atoms with Gasteiger partial charge in [-0.15, -0.1) is 0 Å². The van der Waals surface area contributed by atoms with Crippen LogP contribution in [0.5, 0.6) is 0 Å². The van der Waals surface area contributed by atoms with Crippen LogP contribution in [-0.2, 0) is 0 Å². The molecule has 6 heteroatoms. The number of carbonyl (C=O) groups is 1. The summed E-state index contributed by atoms with van der Waals surface area (Å²) in [5.41, 5.74) is 1.45. The molecule has 0 radical (unpaired) electrons. The van der Waals surface area contributed by atoms with E-state index >= 15 is 0 Å². The molecule has 1 unspecified atom stereocenters. The number of pyridine rings is 1. The van der Waals surface area contributed by atoms with Crippen LogP contribution in [0.2, 0.25) is 0 Å². The summed E-state index contributed by atoms with van der Waals surface area (Å²) in [6.45, 7) is 4.31. The third-order valence-corrected chi connectivity index (χ3v) is 3.18. The van der Waals surface area contributed by atoms with Crippen molar-refractivity contribution in [3.8, 4) is 0 Å². The van der Waals surface area contributed by atoms with Crippen LogP contribution >= 0.6 is 0 Å². The predicted octanol–water partition coefficient (Wildman–Crippen LogP) is 0.482. The summed E-state index contributed by atoms with van der Waals surface area (Å²) >= 11 is 0. The molecular weight excluding hydrogens is 280 g/mol. The van der Waals surface area contributed by atoms with Crippen LogP contribution in [0.3, 0.4) is 0 Å². The first-order chi connectivity index (χ1) is 10.7. The number of hydrogen-bond donors (Lipinski definition) is 4. The minimum atomic E-state index is -0.498. The van der Waals surface area contributed by atoms with Gasteiger partial charge < -0.3 is 15.7 Å². The summed E-state index contributed by atoms with van der Waals surface area (Å²) in [5, 5.41) is 18.9. The normalized spacial score (nSPS) is 12.3. The number of aromatic nitrogens is 1. The molecule has 0 aliphatic carbocycles. The first-order valence-electron chi connectivity index (χ1n) is 7.42. The lowest BCUT2D eigenvalue weighted by atomic mass is 10.1. The van der Waals surface area contributed by atoms with Crippen molar-refractivity contribution < 1.29 is 9.90 Å². The molecule has 1 aromatic heterocycles. The molecule has 6 nitrogen and oxygen atoms in total. The monoisotopic (exact) mass is 302 g/mol. The Balaban J connectivity index is 1.72. The molecule has 1 heterocycles. The van der Waals surface area contributed by atoms with Crippen LogP contribution < -0.4 is 16.0 Å². The molecule has 1 aromatic carbocycles. The van der Waals surface area contributed by atoms with E-state index in [-0.39, 0.29) is 5.91 Å². The Bertz CT molecular complexity index is 616. The quantitative estimate of drug-likeness (QED) is 0.421. The van der Waals surface area contributed by atoms with Gasteiger partial charge in [-0.2, -0.15) is 0 Å². The van der Waals surface area contributed by atoms with Crippen molar-refractivity contribution in [3.05, 3.63) is 42.1 Å². The second-order valence-corrected chi connectivity index (χ2v) is 5.05. The third-order valence-electron chi connectivity index (χ3n) is 3.18. The van der Waals surface area contributed by atoms with Gasteiger partial charge in [0.1, 0.15) is 6.23 Å². The number of carbonyl (C=O) groups excluding carboxylic acids is 1. The Hall–Kier alpha value is -2.02. The van der Waals surface area contributed by atoms with Crippen LogP contribution in [-0.4, -0.2) is 48.4 Å². The van der Waals surface area contributed by atoms with E-state index in [0.717, 1.165) is 17.4 Å². The van der Waals surface area contributed by atoms with Gasteiger partial charge in [-0.1, -0.05) is 18.2 Å². The van der Waals surface area contributed by atoms with Gasteiger partial charge in [0.15, 0.2) is 0 Å². The highest BCUT2D eigenvalue weighted by molar-refractivity contribution is 5.97. The van der Waals surface area contributed by atoms with E-state index in [1.165, 1.54) is 0 Å². The number of aliphatic hydroxyl groups excluding tert-OH is 1. The molecule has 1 atom stereocenters. The summed E-state index contributed by atoms with van der Waals surface area (Å²) < 4.78 is 0. The van der Waals surface area contributed by atoms with Crippen molar-refractivity contribution in [1.82, 2.24) is 20.9 Å². The highest BCUT2D eigenvalue weighted by atomic mass is 16.3. The van der Waals surface area contributed by atoms with Gasteiger partial charge in [0, 0.05) is 37.8 Å². The van der Waals surface area contributed by atoms with E-state index in [1.807, 2.05) is 30.3 Å². The molecule has 2 aromatic rings. The maximum absolute atomic E-state index is 12.0. The average molecular weight is 302 g/mol. The summed E-state index contributed by atoms with van der Waals surface area (Å²) in [6.07, 6.45) is 1.10. The SMILES string of the molecule is CC(O)NCCNCCNC(=O)c1cnc2ccccc2c1. The molecule has 0 spiro atoms. The van der Waals surface area contributed by atoms with Gasteiger partial charge in [-0.05, 0) is 19.1 Å². The summed E-state index contributed by atoms with van der Waals surface area (Å²) in [4.78, 5) is 16.3. The van der Waals surface area contributed by atoms with Gasteiger partial charge in [-0.25, -0.2) is 0 Å². The molecule has 0 aliphatic rings. The fraction of sp³-hybridized carbons (Fsp3) is 0.375. The number of para-hydroxylation sites is 1. The molecule has 2 rings (SSSR count). The Morgan fingerprint density at radius 1 is 1.23 bits per heavy atom. The third kappa shape index (κ3) is 5.07. The maximum atomic E-state index is 12.0. The highest BCUT2D eigenvalue weighted by Gasteiger charge is 2.06. The number of amides is 1. The molecule has 0 bridgehead atoms. The van der Waals surface area contributed by atoms with Gasteiger partial charge in [0.2, 0.25) is 0 Å². The Morgan fingerprint density at radius 2 is 2.00 bits per heavy atom. The number of aliphatic hydroxyl groups is 1. The molecule has 0 saturated heterocycles. The maximum Gasteiger partial charge on any atom is 0.252 e. The molecule has 118 valence electrons. The van der Waals surface area contributed by atoms with Crippen LogP contribution in [0, 0.1) is 0 Å². The van der Waals surface area contributed by atoms with Gasteiger partial charge in [0.25, 0.3) is 5.91 Å². The van der Waals surface area contributed by atoms with Gasteiger partial charge in [-0.3, -0.25) is 15.1 Å². The Morgan fingerprint density at radius 3 is 2.82 bits per heavy atom. The first kappa shape index (κ1) is 16.4. The second-order valence-electron chi connectivity index (χ2n) is 5.05. The van der Waals surface area contributed by atoms with E-state index in [2.05, 4.69) is 20.9 Å². The van der Waals surface area contributed by atoms with Crippen LogP contribution in [0.1, 0.15) is 17.3 Å². The Labute approximate surface area is 129 Å². The summed E-state index contributed by atoms with van der Waals surface area (Å²) in [6, 6.07) is 9.56. The van der Waals surface area contributed by atoms with E-state index in [4.69, 9.17) is 5.11 Å². The molecule has 0 fully saturated rings. The van der Waals surface area contributed by atoms with E-state index in [0.29, 0.717) is 25.2 Å². The van der Waals surface area contributed by atoms with Crippen LogP contribution in [0.4, 0.5) is 0 Å². The van der Waals surface area contributed by atoms with E-state index in [9.17, 15) is 4.79 Å². The lowest BCUT2D eigenvalue weighted by molar-refractivity contribution is 0.0954. The van der Waals surface area contributed by atoms with Crippen molar-refractivity contribution >= 4 is 16.8 Å². The molecular formula is C16H22N4O2. The van der Waals surface area contributed by atoms with Crippen LogP contribution in [0.15, 0.2) is 36.5 Å². The zero-order valence-electron chi connectivity index (χ0n) is 12.7. The minimum Gasteiger partial charge on any atom is -0.379 e. The first-order valence-corrected chi connectivity index (χ1v) is 7.42. The molecule has 4 N–H and O–H groups in total. The highest BCUT2D eigenvalue weighted by Crippen LogP contribution is 2.12. The van der Waals surface area contributed by atoms with Crippen molar-refractivity contribution in [2.75, 3.05) is 26.2 Å².